The van der Waals surface area contributed by atoms with Crippen LogP contribution in [0, 0.1) is 10.1 Å². The largest absolute Gasteiger partial charge is 0.334 e. The normalized spacial score (nSPS) is 11.0. The van der Waals surface area contributed by atoms with E-state index in [9.17, 15) is 18.5 Å². The van der Waals surface area contributed by atoms with E-state index < -0.39 is 15.2 Å². The van der Waals surface area contributed by atoms with Gasteiger partial charge in [-0.05, 0) is 29.7 Å². The summed E-state index contributed by atoms with van der Waals surface area (Å²) in [5.74, 6) is 0. The van der Waals surface area contributed by atoms with Crippen LogP contribution < -0.4 is 0 Å². The van der Waals surface area contributed by atoms with Gasteiger partial charge in [0.25, 0.3) is 0 Å². The summed E-state index contributed by atoms with van der Waals surface area (Å²) < 4.78 is 26.6. The van der Waals surface area contributed by atoms with Crippen molar-refractivity contribution in [2.24, 2.45) is 0 Å². The van der Waals surface area contributed by atoms with E-state index >= 15 is 0 Å². The predicted molar refractivity (Wildman–Crippen MR) is 71.0 cm³/mol. The molecule has 0 aliphatic carbocycles. The monoisotopic (exact) mass is 293 g/mol. The van der Waals surface area contributed by atoms with E-state index in [2.05, 4.69) is 4.28 Å². The summed E-state index contributed by atoms with van der Waals surface area (Å²) in [6, 6.07) is 15.4. The van der Waals surface area contributed by atoms with E-state index in [0.29, 0.717) is 6.42 Å². The summed E-state index contributed by atoms with van der Waals surface area (Å²) in [5.41, 5.74) is 1.99. The third kappa shape index (κ3) is 3.55. The van der Waals surface area contributed by atoms with Crippen molar-refractivity contribution in [1.82, 2.24) is 0 Å². The molecule has 0 aliphatic heterocycles. The highest BCUT2D eigenvalue weighted by molar-refractivity contribution is 7.86. The summed E-state index contributed by atoms with van der Waals surface area (Å²) in [7, 11) is -4.35. The molecule has 104 valence electrons. The van der Waals surface area contributed by atoms with Crippen LogP contribution in [0.15, 0.2) is 59.5 Å². The van der Waals surface area contributed by atoms with Crippen molar-refractivity contribution in [3.63, 3.8) is 0 Å². The van der Waals surface area contributed by atoms with E-state index in [-0.39, 0.29) is 4.90 Å². The number of nitrogens with zero attached hydrogens (tertiary/aromatic N) is 1. The molecule has 0 radical (unpaired) electrons. The van der Waals surface area contributed by atoms with Crippen LogP contribution in [0.25, 0.3) is 0 Å². The van der Waals surface area contributed by atoms with Crippen molar-refractivity contribution < 1.29 is 17.8 Å². The molecule has 0 unspecified atom stereocenters. The molecule has 0 amide bonds. The van der Waals surface area contributed by atoms with Crippen LogP contribution in [0.1, 0.15) is 11.1 Å². The van der Waals surface area contributed by atoms with Crippen LogP contribution in [-0.2, 0) is 20.8 Å². The molecule has 0 aromatic heterocycles. The van der Waals surface area contributed by atoms with Gasteiger partial charge in [0, 0.05) is 0 Å². The van der Waals surface area contributed by atoms with Crippen molar-refractivity contribution in [2.75, 3.05) is 0 Å². The maximum absolute atomic E-state index is 11.4. The maximum Gasteiger partial charge on any atom is 0.334 e. The standard InChI is InChI=1S/C13H11NO5S/c15-14(16)19-20(17,18)13-8-6-12(7-9-13)10-11-4-2-1-3-5-11/h1-9H,10H2. The third-order valence-corrected chi connectivity index (χ3v) is 3.79. The SMILES string of the molecule is O=[N+]([O-])OS(=O)(=O)c1ccc(Cc2ccccc2)cc1. The second-order valence-electron chi connectivity index (χ2n) is 4.06. The second kappa shape index (κ2) is 5.70. The van der Waals surface area contributed by atoms with Crippen LogP contribution >= 0.6 is 0 Å². The van der Waals surface area contributed by atoms with Gasteiger partial charge in [0.15, 0.2) is 0 Å². The van der Waals surface area contributed by atoms with E-state index in [0.717, 1.165) is 11.1 Å². The molecule has 7 heteroatoms. The first-order valence-corrected chi connectivity index (χ1v) is 7.10. The van der Waals surface area contributed by atoms with Crippen molar-refractivity contribution in [1.29, 1.82) is 0 Å². The smallest absolute Gasteiger partial charge is 0.196 e. The summed E-state index contributed by atoms with van der Waals surface area (Å²) in [5, 5.41) is 8.76. The Labute approximate surface area is 115 Å². The van der Waals surface area contributed by atoms with Crippen molar-refractivity contribution in [3.05, 3.63) is 75.8 Å². The lowest BCUT2D eigenvalue weighted by Gasteiger charge is -2.04. The zero-order chi connectivity index (χ0) is 14.6. The molecular weight excluding hydrogens is 282 g/mol. The molecule has 0 N–H and O–H groups in total. The van der Waals surface area contributed by atoms with Gasteiger partial charge in [-0.1, -0.05) is 42.5 Å². The number of hydrogen-bond donors (Lipinski definition) is 0. The summed E-state index contributed by atoms with van der Waals surface area (Å²) in [6.45, 7) is 0. The van der Waals surface area contributed by atoms with E-state index in [1.54, 1.807) is 12.1 Å². The van der Waals surface area contributed by atoms with Gasteiger partial charge in [-0.15, -0.1) is 10.1 Å². The first kappa shape index (κ1) is 14.0. The van der Waals surface area contributed by atoms with Gasteiger partial charge in [0.1, 0.15) is 0 Å². The van der Waals surface area contributed by atoms with Gasteiger partial charge in [0.2, 0.25) is 0 Å². The fourth-order valence-corrected chi connectivity index (χ4v) is 2.44. The van der Waals surface area contributed by atoms with Crippen molar-refractivity contribution >= 4 is 10.1 Å². The van der Waals surface area contributed by atoms with Gasteiger partial charge >= 0.3 is 15.2 Å². The summed E-state index contributed by atoms with van der Waals surface area (Å²) in [4.78, 5) is 9.86. The molecule has 0 bridgehead atoms. The summed E-state index contributed by atoms with van der Waals surface area (Å²) in [6.07, 6.45) is 0.650. The molecule has 2 aromatic carbocycles. The fraction of sp³-hybridized carbons (Fsp3) is 0.0769. The van der Waals surface area contributed by atoms with Crippen molar-refractivity contribution in [2.45, 2.75) is 11.3 Å². The molecule has 0 atom stereocenters. The maximum atomic E-state index is 11.4. The molecule has 0 saturated carbocycles. The Morgan fingerprint density at radius 3 is 2.05 bits per heavy atom. The van der Waals surface area contributed by atoms with Gasteiger partial charge in [-0.2, -0.15) is 12.7 Å². The van der Waals surface area contributed by atoms with Crippen LogP contribution in [0.4, 0.5) is 0 Å². The van der Waals surface area contributed by atoms with E-state index in [4.69, 9.17) is 0 Å². The molecule has 0 heterocycles. The van der Waals surface area contributed by atoms with Crippen LogP contribution in [-0.4, -0.2) is 13.5 Å². The molecule has 6 nitrogen and oxygen atoms in total. The Bertz CT molecular complexity index is 695. The van der Waals surface area contributed by atoms with Crippen LogP contribution in [0.5, 0.6) is 0 Å². The minimum absolute atomic E-state index is 0.244. The molecule has 0 fully saturated rings. The molecule has 2 rings (SSSR count). The van der Waals surface area contributed by atoms with Gasteiger partial charge in [0.05, 0.1) is 4.90 Å². The van der Waals surface area contributed by atoms with Gasteiger partial charge in [-0.3, -0.25) is 0 Å². The van der Waals surface area contributed by atoms with Gasteiger partial charge < -0.3 is 0 Å². The predicted octanol–water partition coefficient (Wildman–Crippen LogP) is 2.17. The fourth-order valence-electron chi connectivity index (χ4n) is 1.73. The Balaban J connectivity index is 2.16. The highest BCUT2D eigenvalue weighted by atomic mass is 32.2. The average Bonchev–Trinajstić information content (AvgIpc) is 2.39. The Hall–Kier alpha value is -2.41. The zero-order valence-electron chi connectivity index (χ0n) is 10.3. The lowest BCUT2D eigenvalue weighted by Crippen LogP contribution is -2.11. The second-order valence-corrected chi connectivity index (χ2v) is 5.59. The number of benzene rings is 2. The number of rotatable bonds is 5. The molecule has 0 spiro atoms. The Kier molecular flexibility index (Phi) is 3.99. The zero-order valence-corrected chi connectivity index (χ0v) is 11.1. The van der Waals surface area contributed by atoms with Crippen molar-refractivity contribution in [3.8, 4) is 0 Å². The third-order valence-electron chi connectivity index (χ3n) is 2.62. The Morgan fingerprint density at radius 2 is 1.50 bits per heavy atom. The first-order chi connectivity index (χ1) is 9.47. The molecule has 20 heavy (non-hydrogen) atoms. The number of hydrogen-bond acceptors (Lipinski definition) is 5. The van der Waals surface area contributed by atoms with Crippen LogP contribution in [0.3, 0.4) is 0 Å². The minimum Gasteiger partial charge on any atom is -0.196 e. The Morgan fingerprint density at radius 1 is 0.950 bits per heavy atom. The molecule has 0 saturated heterocycles. The van der Waals surface area contributed by atoms with E-state index in [1.165, 1.54) is 12.1 Å². The molecule has 2 aromatic rings. The minimum atomic E-state index is -4.35. The van der Waals surface area contributed by atoms with E-state index in [1.807, 2.05) is 30.3 Å². The molecular formula is C13H11NO5S. The lowest BCUT2D eigenvalue weighted by molar-refractivity contribution is -0.711. The van der Waals surface area contributed by atoms with Crippen LogP contribution in [0.2, 0.25) is 0 Å². The highest BCUT2D eigenvalue weighted by Gasteiger charge is 2.18. The summed E-state index contributed by atoms with van der Waals surface area (Å²) >= 11 is 0. The quantitative estimate of drug-likeness (QED) is 0.623. The first-order valence-electron chi connectivity index (χ1n) is 5.69. The van der Waals surface area contributed by atoms with Gasteiger partial charge in [-0.25, -0.2) is 0 Å². The highest BCUT2D eigenvalue weighted by Crippen LogP contribution is 2.15. The lowest BCUT2D eigenvalue weighted by atomic mass is 10.1. The topological polar surface area (TPSA) is 86.5 Å². The average molecular weight is 293 g/mol. The molecule has 0 aliphatic rings.